The summed E-state index contributed by atoms with van der Waals surface area (Å²) in [6, 6.07) is 12.1. The van der Waals surface area contributed by atoms with Crippen LogP contribution in [0.1, 0.15) is 23.0 Å². The van der Waals surface area contributed by atoms with Crippen molar-refractivity contribution in [1.29, 1.82) is 0 Å². The minimum Gasteiger partial charge on any atom is -0.481 e. The van der Waals surface area contributed by atoms with Gasteiger partial charge in [-0.1, -0.05) is 25.1 Å². The molecule has 3 rings (SSSR count). The molecule has 2 heterocycles. The number of hydrogen-bond donors (Lipinski definition) is 3. The average Bonchev–Trinajstić information content (AvgIpc) is 3.09. The molecule has 0 saturated carbocycles. The zero-order valence-electron chi connectivity index (χ0n) is 14.8. The maximum Gasteiger partial charge on any atom is 0.324 e. The number of aliphatic carboxylic acids is 1. The van der Waals surface area contributed by atoms with Crippen LogP contribution >= 0.6 is 11.3 Å². The van der Waals surface area contributed by atoms with Gasteiger partial charge in [-0.15, -0.1) is 11.3 Å². The molecule has 3 amide bonds. The number of amides is 3. The monoisotopic (exact) mass is 387 g/mol. The van der Waals surface area contributed by atoms with E-state index in [2.05, 4.69) is 10.6 Å². The van der Waals surface area contributed by atoms with Crippen molar-refractivity contribution in [2.45, 2.75) is 13.3 Å². The summed E-state index contributed by atoms with van der Waals surface area (Å²) in [7, 11) is 0. The summed E-state index contributed by atoms with van der Waals surface area (Å²) in [4.78, 5) is 38.1. The topological polar surface area (TPSA) is 98.7 Å². The Morgan fingerprint density at radius 3 is 2.52 bits per heavy atom. The van der Waals surface area contributed by atoms with Crippen molar-refractivity contribution in [2.24, 2.45) is 11.8 Å². The van der Waals surface area contributed by atoms with Crippen molar-refractivity contribution in [3.8, 4) is 0 Å². The highest BCUT2D eigenvalue weighted by Gasteiger charge is 2.33. The second kappa shape index (κ2) is 8.22. The molecular weight excluding hydrogens is 366 g/mol. The minimum absolute atomic E-state index is 0.0885. The van der Waals surface area contributed by atoms with Crippen molar-refractivity contribution < 1.29 is 19.5 Å². The zero-order valence-corrected chi connectivity index (χ0v) is 15.7. The Morgan fingerprint density at radius 2 is 1.85 bits per heavy atom. The molecule has 0 spiro atoms. The summed E-state index contributed by atoms with van der Waals surface area (Å²) in [5.41, 5.74) is 0.679. The van der Waals surface area contributed by atoms with Crippen LogP contribution in [0.4, 0.5) is 15.5 Å². The summed E-state index contributed by atoms with van der Waals surface area (Å²) in [6.45, 7) is 2.70. The molecule has 3 N–H and O–H groups in total. The van der Waals surface area contributed by atoms with Crippen LogP contribution in [0.2, 0.25) is 0 Å². The lowest BCUT2D eigenvalue weighted by molar-refractivity contribution is -0.145. The maximum absolute atomic E-state index is 12.7. The molecule has 0 radical (unpaired) electrons. The first-order chi connectivity index (χ1) is 12.9. The predicted molar refractivity (Wildman–Crippen MR) is 104 cm³/mol. The Morgan fingerprint density at radius 1 is 1.11 bits per heavy atom. The highest BCUT2D eigenvalue weighted by molar-refractivity contribution is 7.18. The Balaban J connectivity index is 1.58. The molecule has 8 heteroatoms. The predicted octanol–water partition coefficient (Wildman–Crippen LogP) is 3.57. The van der Waals surface area contributed by atoms with E-state index in [-0.39, 0.29) is 17.9 Å². The molecule has 1 aromatic heterocycles. The van der Waals surface area contributed by atoms with E-state index in [4.69, 9.17) is 0 Å². The second-order valence-electron chi connectivity index (χ2n) is 6.57. The average molecular weight is 387 g/mol. The molecule has 27 heavy (non-hydrogen) atoms. The molecule has 2 atom stereocenters. The standard InChI is InChI=1S/C19H21N3O4S/c1-12-11-22(10-9-14(12)18(24)25)17(23)15-7-8-16(27-15)21-19(26)20-13-5-3-2-4-6-13/h2-8,12,14H,9-11H2,1H3,(H,24,25)(H2,20,21,26). The number of urea groups is 1. The van der Waals surface area contributed by atoms with Crippen molar-refractivity contribution in [3.05, 3.63) is 47.3 Å². The maximum atomic E-state index is 12.7. The number of carbonyl (C=O) groups is 3. The minimum atomic E-state index is -0.804. The van der Waals surface area contributed by atoms with Crippen LogP contribution in [0, 0.1) is 11.8 Å². The lowest BCUT2D eigenvalue weighted by atomic mass is 9.87. The molecule has 1 aliphatic heterocycles. The Bertz CT molecular complexity index is 836. The molecule has 7 nitrogen and oxygen atoms in total. The number of nitrogens with zero attached hydrogens (tertiary/aromatic N) is 1. The van der Waals surface area contributed by atoms with Crippen LogP contribution in [-0.4, -0.2) is 41.0 Å². The van der Waals surface area contributed by atoms with E-state index in [1.165, 1.54) is 11.3 Å². The van der Waals surface area contributed by atoms with Gasteiger partial charge in [0.1, 0.15) is 0 Å². The highest BCUT2D eigenvalue weighted by Crippen LogP contribution is 2.28. The lowest BCUT2D eigenvalue weighted by Crippen LogP contribution is -2.44. The number of carboxylic acids is 1. The normalized spacial score (nSPS) is 19.4. The third-order valence-corrected chi connectivity index (χ3v) is 5.58. The van der Waals surface area contributed by atoms with Gasteiger partial charge in [0, 0.05) is 18.8 Å². The van der Waals surface area contributed by atoms with E-state index in [0.29, 0.717) is 35.1 Å². The third kappa shape index (κ3) is 4.65. The van der Waals surface area contributed by atoms with Crippen LogP contribution in [0.25, 0.3) is 0 Å². The first-order valence-corrected chi connectivity index (χ1v) is 9.50. The van der Waals surface area contributed by atoms with Gasteiger partial charge in [-0.25, -0.2) is 4.79 Å². The van der Waals surface area contributed by atoms with Gasteiger partial charge in [-0.05, 0) is 36.6 Å². The number of rotatable bonds is 4. The smallest absolute Gasteiger partial charge is 0.324 e. The van der Waals surface area contributed by atoms with E-state index in [1.54, 1.807) is 29.2 Å². The van der Waals surface area contributed by atoms with Gasteiger partial charge in [0.15, 0.2) is 0 Å². The Kier molecular flexibility index (Phi) is 5.75. The van der Waals surface area contributed by atoms with E-state index >= 15 is 0 Å². The molecular formula is C19H21N3O4S. The molecule has 0 bridgehead atoms. The second-order valence-corrected chi connectivity index (χ2v) is 7.65. The number of piperidine rings is 1. The number of nitrogens with one attached hydrogen (secondary N) is 2. The molecule has 2 aromatic rings. The fourth-order valence-electron chi connectivity index (χ4n) is 3.17. The van der Waals surface area contributed by atoms with Gasteiger partial charge in [0.25, 0.3) is 5.91 Å². The first kappa shape index (κ1) is 18.9. The van der Waals surface area contributed by atoms with Gasteiger partial charge in [-0.3, -0.25) is 14.9 Å². The number of hydrogen-bond acceptors (Lipinski definition) is 4. The molecule has 1 saturated heterocycles. The van der Waals surface area contributed by atoms with E-state index in [9.17, 15) is 19.5 Å². The number of carboxylic acid groups (broad SMARTS) is 1. The number of carbonyl (C=O) groups excluding carboxylic acids is 2. The number of likely N-dealkylation sites (tertiary alicyclic amines) is 1. The summed E-state index contributed by atoms with van der Waals surface area (Å²) in [5, 5.41) is 15.2. The highest BCUT2D eigenvalue weighted by atomic mass is 32.1. The van der Waals surface area contributed by atoms with Crippen molar-refractivity contribution in [3.63, 3.8) is 0 Å². The molecule has 1 aliphatic rings. The van der Waals surface area contributed by atoms with Crippen molar-refractivity contribution in [1.82, 2.24) is 4.90 Å². The third-order valence-electron chi connectivity index (χ3n) is 4.59. The van der Waals surface area contributed by atoms with Gasteiger partial charge in [-0.2, -0.15) is 0 Å². The SMILES string of the molecule is CC1CN(C(=O)c2ccc(NC(=O)Nc3ccccc3)s2)CCC1C(=O)O. The van der Waals surface area contributed by atoms with Crippen LogP contribution in [0.5, 0.6) is 0 Å². The van der Waals surface area contributed by atoms with Gasteiger partial charge < -0.3 is 15.3 Å². The van der Waals surface area contributed by atoms with Crippen LogP contribution in [-0.2, 0) is 4.79 Å². The van der Waals surface area contributed by atoms with Crippen LogP contribution < -0.4 is 10.6 Å². The summed E-state index contributed by atoms with van der Waals surface area (Å²) < 4.78 is 0. The Hall–Kier alpha value is -2.87. The van der Waals surface area contributed by atoms with Crippen LogP contribution in [0.3, 0.4) is 0 Å². The number of para-hydroxylation sites is 1. The summed E-state index contributed by atoms with van der Waals surface area (Å²) in [6.07, 6.45) is 0.457. The quantitative estimate of drug-likeness (QED) is 0.747. The molecule has 0 aliphatic carbocycles. The fourth-order valence-corrected chi connectivity index (χ4v) is 4.04. The number of benzene rings is 1. The zero-order chi connectivity index (χ0) is 19.4. The largest absolute Gasteiger partial charge is 0.481 e. The van der Waals surface area contributed by atoms with Crippen molar-refractivity contribution in [2.75, 3.05) is 23.7 Å². The van der Waals surface area contributed by atoms with E-state index in [0.717, 1.165) is 0 Å². The van der Waals surface area contributed by atoms with Gasteiger partial charge in [0.2, 0.25) is 0 Å². The van der Waals surface area contributed by atoms with Gasteiger partial charge in [0.05, 0.1) is 15.8 Å². The molecule has 142 valence electrons. The summed E-state index contributed by atoms with van der Waals surface area (Å²) in [5.74, 6) is -1.43. The molecule has 2 unspecified atom stereocenters. The number of thiophene rings is 1. The van der Waals surface area contributed by atoms with E-state index < -0.39 is 11.9 Å². The molecule has 1 aromatic carbocycles. The fraction of sp³-hybridized carbons (Fsp3) is 0.316. The van der Waals surface area contributed by atoms with Crippen LogP contribution in [0.15, 0.2) is 42.5 Å². The lowest BCUT2D eigenvalue weighted by Gasteiger charge is -2.34. The van der Waals surface area contributed by atoms with Gasteiger partial charge >= 0.3 is 12.0 Å². The summed E-state index contributed by atoms with van der Waals surface area (Å²) >= 11 is 1.20. The number of anilines is 2. The molecule has 1 fully saturated rings. The van der Waals surface area contributed by atoms with E-state index in [1.807, 2.05) is 25.1 Å². The Labute approximate surface area is 161 Å². The van der Waals surface area contributed by atoms with Crippen molar-refractivity contribution >= 4 is 39.9 Å². The first-order valence-electron chi connectivity index (χ1n) is 8.69.